The van der Waals surface area contributed by atoms with Gasteiger partial charge < -0.3 is 19.7 Å². The highest BCUT2D eigenvalue weighted by molar-refractivity contribution is 5.85. The van der Waals surface area contributed by atoms with Crippen molar-refractivity contribution >= 4 is 17.2 Å². The summed E-state index contributed by atoms with van der Waals surface area (Å²) in [5.41, 5.74) is 2.67. The van der Waals surface area contributed by atoms with Crippen LogP contribution in [0.25, 0.3) is 16.6 Å². The molecule has 1 fully saturated rings. The number of pyridine rings is 3. The molecule has 0 bridgehead atoms. The fourth-order valence-corrected chi connectivity index (χ4v) is 4.22. The molecule has 1 aliphatic rings. The van der Waals surface area contributed by atoms with E-state index >= 15 is 0 Å². The van der Waals surface area contributed by atoms with E-state index in [0.29, 0.717) is 22.7 Å². The lowest BCUT2D eigenvalue weighted by atomic mass is 10.0. The molecule has 1 aliphatic heterocycles. The van der Waals surface area contributed by atoms with Crippen molar-refractivity contribution in [2.45, 2.75) is 18.9 Å². The number of fused-ring (bicyclic) bond motifs is 1. The summed E-state index contributed by atoms with van der Waals surface area (Å²) in [5, 5.41) is 16.4. The van der Waals surface area contributed by atoms with Gasteiger partial charge in [-0.1, -0.05) is 6.07 Å². The van der Waals surface area contributed by atoms with Crippen LogP contribution in [-0.4, -0.2) is 58.3 Å². The van der Waals surface area contributed by atoms with Gasteiger partial charge in [-0.15, -0.1) is 0 Å². The first-order valence-corrected chi connectivity index (χ1v) is 11.7. The first-order valence-electron chi connectivity index (χ1n) is 11.7. The number of carbonyl (C=O) groups is 1. The van der Waals surface area contributed by atoms with Crippen LogP contribution in [-0.2, 0) is 4.79 Å². The van der Waals surface area contributed by atoms with Gasteiger partial charge in [0.25, 0.3) is 5.91 Å². The Morgan fingerprint density at radius 3 is 2.75 bits per heavy atom. The molecule has 182 valence electrons. The molecule has 0 atom stereocenters. The molecule has 1 amide bonds. The topological polar surface area (TPSA) is 118 Å². The lowest BCUT2D eigenvalue weighted by Gasteiger charge is -2.32. The highest BCUT2D eigenvalue weighted by Crippen LogP contribution is 2.31. The SMILES string of the molecule is CNC(=O)COc1cc(-c2ccc(N3CCC(Oc4ccccn4)CC3)nc2)c2c(C#N)cnn2c1. The van der Waals surface area contributed by atoms with Gasteiger partial charge in [0, 0.05) is 62.6 Å². The third kappa shape index (κ3) is 4.90. The second kappa shape index (κ2) is 10.3. The second-order valence-corrected chi connectivity index (χ2v) is 8.39. The van der Waals surface area contributed by atoms with Crippen LogP contribution in [0.15, 0.2) is 61.2 Å². The van der Waals surface area contributed by atoms with Crippen LogP contribution in [0.5, 0.6) is 11.6 Å². The number of likely N-dealkylation sites (N-methyl/N-ethyl adjacent to an activating group) is 1. The van der Waals surface area contributed by atoms with Gasteiger partial charge in [-0.2, -0.15) is 10.4 Å². The molecule has 0 spiro atoms. The molecule has 0 aliphatic carbocycles. The zero-order valence-corrected chi connectivity index (χ0v) is 19.8. The third-order valence-corrected chi connectivity index (χ3v) is 6.11. The van der Waals surface area contributed by atoms with E-state index in [9.17, 15) is 10.1 Å². The Bertz CT molecular complexity index is 1390. The van der Waals surface area contributed by atoms with Crippen molar-refractivity contribution in [3.63, 3.8) is 0 Å². The summed E-state index contributed by atoms with van der Waals surface area (Å²) >= 11 is 0. The highest BCUT2D eigenvalue weighted by atomic mass is 16.5. The quantitative estimate of drug-likeness (QED) is 0.426. The lowest BCUT2D eigenvalue weighted by molar-refractivity contribution is -0.122. The summed E-state index contributed by atoms with van der Waals surface area (Å²) in [7, 11) is 1.55. The predicted octanol–water partition coefficient (Wildman–Crippen LogP) is 2.84. The summed E-state index contributed by atoms with van der Waals surface area (Å²) in [6, 6.07) is 13.6. The van der Waals surface area contributed by atoms with Gasteiger partial charge in [-0.25, -0.2) is 14.5 Å². The Labute approximate surface area is 208 Å². The molecule has 0 saturated carbocycles. The molecule has 4 aromatic rings. The molecule has 1 saturated heterocycles. The molecule has 0 aromatic carbocycles. The third-order valence-electron chi connectivity index (χ3n) is 6.11. The van der Waals surface area contributed by atoms with Crippen LogP contribution in [0.1, 0.15) is 18.4 Å². The highest BCUT2D eigenvalue weighted by Gasteiger charge is 2.22. The smallest absolute Gasteiger partial charge is 0.257 e. The first kappa shape index (κ1) is 23.1. The normalized spacial score (nSPS) is 13.8. The number of hydrogen-bond donors (Lipinski definition) is 1. The van der Waals surface area contributed by atoms with Crippen LogP contribution in [0, 0.1) is 11.3 Å². The molecule has 5 rings (SSSR count). The van der Waals surface area contributed by atoms with Crippen molar-refractivity contribution in [2.75, 3.05) is 31.6 Å². The van der Waals surface area contributed by atoms with Gasteiger partial charge in [-0.3, -0.25) is 4.79 Å². The number of hydrogen-bond acceptors (Lipinski definition) is 8. The molecular weight excluding hydrogens is 458 g/mol. The van der Waals surface area contributed by atoms with Crippen molar-refractivity contribution in [2.24, 2.45) is 0 Å². The van der Waals surface area contributed by atoms with Crippen molar-refractivity contribution < 1.29 is 14.3 Å². The van der Waals surface area contributed by atoms with E-state index in [1.54, 1.807) is 36.2 Å². The van der Waals surface area contributed by atoms with E-state index in [-0.39, 0.29) is 18.6 Å². The van der Waals surface area contributed by atoms with Crippen molar-refractivity contribution in [1.82, 2.24) is 24.9 Å². The minimum Gasteiger partial charge on any atom is -0.482 e. The van der Waals surface area contributed by atoms with Crippen LogP contribution in [0.4, 0.5) is 5.82 Å². The second-order valence-electron chi connectivity index (χ2n) is 8.39. The summed E-state index contributed by atoms with van der Waals surface area (Å²) in [6.45, 7) is 1.54. The molecule has 1 N–H and O–H groups in total. The summed E-state index contributed by atoms with van der Waals surface area (Å²) in [4.78, 5) is 22.8. The van der Waals surface area contributed by atoms with E-state index < -0.39 is 0 Å². The molecular formula is C26H25N7O3. The number of nitrogens with one attached hydrogen (secondary N) is 1. The van der Waals surface area contributed by atoms with Crippen molar-refractivity contribution in [3.05, 3.63) is 66.7 Å². The maximum absolute atomic E-state index is 11.6. The molecule has 0 unspecified atom stereocenters. The Kier molecular flexibility index (Phi) is 6.62. The number of nitriles is 1. The van der Waals surface area contributed by atoms with Crippen LogP contribution >= 0.6 is 0 Å². The molecule has 5 heterocycles. The van der Waals surface area contributed by atoms with Crippen LogP contribution in [0.2, 0.25) is 0 Å². The standard InChI is InChI=1S/C26H25N7O3/c1-28-24(34)17-35-21-12-22(26-19(13-27)15-31-33(26)16-21)18-5-6-23(30-14-18)32-10-7-20(8-11-32)36-25-4-2-3-9-29-25/h2-6,9,12,14-16,20H,7-8,10-11,17H2,1H3,(H,28,34). The summed E-state index contributed by atoms with van der Waals surface area (Å²) in [6.07, 6.45) is 8.59. The Morgan fingerprint density at radius 2 is 2.06 bits per heavy atom. The lowest BCUT2D eigenvalue weighted by Crippen LogP contribution is -2.38. The monoisotopic (exact) mass is 483 g/mol. The Hall–Kier alpha value is -4.65. The zero-order valence-electron chi connectivity index (χ0n) is 19.8. The van der Waals surface area contributed by atoms with Crippen molar-refractivity contribution in [3.8, 4) is 28.8 Å². The Morgan fingerprint density at radius 1 is 1.19 bits per heavy atom. The van der Waals surface area contributed by atoms with Gasteiger partial charge in [0.2, 0.25) is 5.88 Å². The number of carbonyl (C=O) groups excluding carboxylic acids is 1. The number of ether oxygens (including phenoxy) is 2. The van der Waals surface area contributed by atoms with E-state index in [4.69, 9.17) is 14.5 Å². The van der Waals surface area contributed by atoms with Gasteiger partial charge in [0.1, 0.15) is 23.7 Å². The van der Waals surface area contributed by atoms with Crippen molar-refractivity contribution in [1.29, 1.82) is 5.26 Å². The average molecular weight is 484 g/mol. The van der Waals surface area contributed by atoms with Gasteiger partial charge in [0.15, 0.2) is 6.61 Å². The molecule has 10 nitrogen and oxygen atoms in total. The Balaban J connectivity index is 1.33. The number of nitrogens with zero attached hydrogens (tertiary/aromatic N) is 6. The average Bonchev–Trinajstić information content (AvgIpc) is 3.35. The predicted molar refractivity (Wildman–Crippen MR) is 133 cm³/mol. The zero-order chi connectivity index (χ0) is 24.9. The molecule has 4 aromatic heterocycles. The number of piperidine rings is 1. The fourth-order valence-electron chi connectivity index (χ4n) is 4.22. The van der Waals surface area contributed by atoms with E-state index in [1.807, 2.05) is 30.3 Å². The molecule has 0 radical (unpaired) electrons. The van der Waals surface area contributed by atoms with Gasteiger partial charge >= 0.3 is 0 Å². The van der Waals surface area contributed by atoms with E-state index in [2.05, 4.69) is 26.4 Å². The summed E-state index contributed by atoms with van der Waals surface area (Å²) < 4.78 is 13.2. The van der Waals surface area contributed by atoms with Crippen LogP contribution < -0.4 is 19.7 Å². The molecule has 10 heteroatoms. The summed E-state index contributed by atoms with van der Waals surface area (Å²) in [5.74, 6) is 1.76. The number of aromatic nitrogens is 4. The van der Waals surface area contributed by atoms with E-state index in [0.717, 1.165) is 42.9 Å². The van der Waals surface area contributed by atoms with E-state index in [1.165, 1.54) is 6.20 Å². The number of amides is 1. The minimum absolute atomic E-state index is 0.120. The fraction of sp³-hybridized carbons (Fsp3) is 0.269. The number of anilines is 1. The van der Waals surface area contributed by atoms with Gasteiger partial charge in [-0.05, 0) is 24.3 Å². The number of rotatable bonds is 7. The maximum atomic E-state index is 11.6. The first-order chi connectivity index (χ1) is 17.6. The molecule has 36 heavy (non-hydrogen) atoms. The largest absolute Gasteiger partial charge is 0.482 e. The minimum atomic E-state index is -0.241. The van der Waals surface area contributed by atoms with Gasteiger partial charge in [0.05, 0.1) is 23.5 Å². The maximum Gasteiger partial charge on any atom is 0.257 e. The van der Waals surface area contributed by atoms with Crippen LogP contribution in [0.3, 0.4) is 0 Å².